The third kappa shape index (κ3) is 4.31. The fourth-order valence-electron chi connectivity index (χ4n) is 2.76. The van der Waals surface area contributed by atoms with Crippen LogP contribution in [-0.4, -0.2) is 37.8 Å². The Hall–Kier alpha value is -2.53. The van der Waals surface area contributed by atoms with E-state index >= 15 is 0 Å². The number of nitrogens with zero attached hydrogens (tertiary/aromatic N) is 1. The Morgan fingerprint density at radius 3 is 2.40 bits per heavy atom. The van der Waals surface area contributed by atoms with E-state index in [9.17, 15) is 4.79 Å². The van der Waals surface area contributed by atoms with Crippen LogP contribution in [0.3, 0.4) is 0 Å². The maximum atomic E-state index is 12.8. The van der Waals surface area contributed by atoms with Crippen molar-refractivity contribution in [2.24, 2.45) is 0 Å². The highest BCUT2D eigenvalue weighted by atomic mass is 16.5. The summed E-state index contributed by atoms with van der Waals surface area (Å²) >= 11 is 0. The molecule has 1 saturated heterocycles. The van der Waals surface area contributed by atoms with Crippen molar-refractivity contribution < 1.29 is 14.3 Å². The van der Waals surface area contributed by atoms with E-state index in [2.05, 4.69) is 10.2 Å². The van der Waals surface area contributed by atoms with E-state index in [-0.39, 0.29) is 5.91 Å². The first-order valence-corrected chi connectivity index (χ1v) is 8.53. The Morgan fingerprint density at radius 1 is 1.04 bits per heavy atom. The minimum Gasteiger partial charge on any atom is -0.478 e. The summed E-state index contributed by atoms with van der Waals surface area (Å²) in [5.41, 5.74) is 0.813. The van der Waals surface area contributed by atoms with E-state index in [1.807, 2.05) is 54.6 Å². The van der Waals surface area contributed by atoms with Gasteiger partial charge < -0.3 is 19.7 Å². The number of ether oxygens (including phenoxy) is 2. The van der Waals surface area contributed by atoms with Gasteiger partial charge in [0, 0.05) is 13.1 Å². The molecule has 0 aliphatic carbocycles. The fourth-order valence-corrected chi connectivity index (χ4v) is 2.76. The number of rotatable bonds is 5. The number of nitrogens with one attached hydrogen (secondary N) is 1. The highest BCUT2D eigenvalue weighted by molar-refractivity contribution is 5.99. The van der Waals surface area contributed by atoms with Crippen LogP contribution >= 0.6 is 0 Å². The first-order valence-electron chi connectivity index (χ1n) is 8.53. The summed E-state index contributed by atoms with van der Waals surface area (Å²) in [6.07, 6.45) is 0. The Kier molecular flexibility index (Phi) is 5.24. The van der Waals surface area contributed by atoms with Crippen LogP contribution in [0.1, 0.15) is 13.8 Å². The molecule has 25 heavy (non-hydrogen) atoms. The molecule has 0 unspecified atom stereocenters. The molecule has 1 aliphatic rings. The lowest BCUT2D eigenvalue weighted by molar-refractivity contribution is -0.128. The molecule has 1 amide bonds. The molecule has 0 atom stereocenters. The summed E-state index contributed by atoms with van der Waals surface area (Å²) in [4.78, 5) is 15.0. The van der Waals surface area contributed by atoms with Gasteiger partial charge in [0.1, 0.15) is 5.75 Å². The van der Waals surface area contributed by atoms with Crippen LogP contribution in [0, 0.1) is 0 Å². The Morgan fingerprint density at radius 2 is 1.68 bits per heavy atom. The quantitative estimate of drug-likeness (QED) is 0.907. The number of morpholine rings is 1. The summed E-state index contributed by atoms with van der Waals surface area (Å²) in [6.45, 7) is 6.57. The van der Waals surface area contributed by atoms with Gasteiger partial charge in [-0.1, -0.05) is 30.3 Å². The monoisotopic (exact) mass is 340 g/mol. The summed E-state index contributed by atoms with van der Waals surface area (Å²) < 4.78 is 11.3. The molecule has 1 fully saturated rings. The zero-order valence-electron chi connectivity index (χ0n) is 14.7. The second kappa shape index (κ2) is 7.57. The Bertz CT molecular complexity index is 710. The van der Waals surface area contributed by atoms with Crippen molar-refractivity contribution in [3.05, 3.63) is 54.6 Å². The van der Waals surface area contributed by atoms with Gasteiger partial charge >= 0.3 is 0 Å². The summed E-state index contributed by atoms with van der Waals surface area (Å²) in [6, 6.07) is 17.2. The SMILES string of the molecule is CC(C)(Oc1ccccc1)C(=O)Nc1ccccc1N1CCOCC1. The molecule has 1 aliphatic heterocycles. The van der Waals surface area contributed by atoms with Gasteiger partial charge in [0.2, 0.25) is 0 Å². The smallest absolute Gasteiger partial charge is 0.268 e. The first kappa shape index (κ1) is 17.3. The van der Waals surface area contributed by atoms with Gasteiger partial charge in [0.15, 0.2) is 5.60 Å². The minimum absolute atomic E-state index is 0.183. The zero-order valence-corrected chi connectivity index (χ0v) is 14.7. The molecule has 0 bridgehead atoms. The van der Waals surface area contributed by atoms with Crippen LogP contribution in [0.15, 0.2) is 54.6 Å². The molecular weight excluding hydrogens is 316 g/mol. The average Bonchev–Trinajstić information content (AvgIpc) is 2.63. The predicted octanol–water partition coefficient (Wildman–Crippen LogP) is 3.32. The van der Waals surface area contributed by atoms with Gasteiger partial charge in [0.05, 0.1) is 24.6 Å². The molecule has 5 nitrogen and oxygen atoms in total. The number of anilines is 2. The average molecular weight is 340 g/mol. The van der Waals surface area contributed by atoms with Crippen molar-refractivity contribution >= 4 is 17.3 Å². The molecule has 2 aromatic rings. The lowest BCUT2D eigenvalue weighted by Gasteiger charge is -2.31. The molecule has 132 valence electrons. The van der Waals surface area contributed by atoms with Crippen LogP contribution in [0.25, 0.3) is 0 Å². The van der Waals surface area contributed by atoms with Gasteiger partial charge in [-0.2, -0.15) is 0 Å². The normalized spacial score (nSPS) is 14.9. The highest BCUT2D eigenvalue weighted by Crippen LogP contribution is 2.28. The molecule has 1 N–H and O–H groups in total. The second-order valence-corrected chi connectivity index (χ2v) is 6.50. The van der Waals surface area contributed by atoms with Crippen molar-refractivity contribution in [1.29, 1.82) is 0 Å². The van der Waals surface area contributed by atoms with Crippen molar-refractivity contribution in [2.75, 3.05) is 36.5 Å². The van der Waals surface area contributed by atoms with Crippen molar-refractivity contribution in [2.45, 2.75) is 19.4 Å². The minimum atomic E-state index is -0.987. The van der Waals surface area contributed by atoms with Crippen LogP contribution in [0.4, 0.5) is 11.4 Å². The van der Waals surface area contributed by atoms with Crippen LogP contribution in [-0.2, 0) is 9.53 Å². The first-order chi connectivity index (χ1) is 12.1. The third-order valence-electron chi connectivity index (χ3n) is 4.17. The highest BCUT2D eigenvalue weighted by Gasteiger charge is 2.31. The van der Waals surface area contributed by atoms with E-state index in [4.69, 9.17) is 9.47 Å². The van der Waals surface area contributed by atoms with E-state index < -0.39 is 5.60 Å². The molecule has 0 saturated carbocycles. The summed E-state index contributed by atoms with van der Waals surface area (Å²) in [5.74, 6) is 0.487. The molecular formula is C20H24N2O3. The zero-order chi connectivity index (χ0) is 17.7. The van der Waals surface area contributed by atoms with Crippen molar-refractivity contribution in [3.8, 4) is 5.75 Å². The maximum absolute atomic E-state index is 12.8. The number of carbonyl (C=O) groups is 1. The number of carbonyl (C=O) groups excluding carboxylic acids is 1. The van der Waals surface area contributed by atoms with Gasteiger partial charge in [0.25, 0.3) is 5.91 Å². The molecule has 0 spiro atoms. The topological polar surface area (TPSA) is 50.8 Å². The number of hydrogen-bond acceptors (Lipinski definition) is 4. The number of hydrogen-bond donors (Lipinski definition) is 1. The molecule has 1 heterocycles. The third-order valence-corrected chi connectivity index (χ3v) is 4.17. The fraction of sp³-hybridized carbons (Fsp3) is 0.350. The molecule has 0 aromatic heterocycles. The van der Waals surface area contributed by atoms with Crippen LogP contribution < -0.4 is 15.0 Å². The molecule has 3 rings (SSSR count). The van der Waals surface area contributed by atoms with Crippen LogP contribution in [0.2, 0.25) is 0 Å². The second-order valence-electron chi connectivity index (χ2n) is 6.50. The van der Waals surface area contributed by atoms with Crippen molar-refractivity contribution in [1.82, 2.24) is 0 Å². The number of benzene rings is 2. The van der Waals surface area contributed by atoms with Gasteiger partial charge in [-0.05, 0) is 38.1 Å². The van der Waals surface area contributed by atoms with E-state index in [1.165, 1.54) is 0 Å². The maximum Gasteiger partial charge on any atom is 0.268 e. The van der Waals surface area contributed by atoms with Gasteiger partial charge in [-0.15, -0.1) is 0 Å². The summed E-state index contributed by atoms with van der Waals surface area (Å²) in [7, 11) is 0. The lowest BCUT2D eigenvalue weighted by Crippen LogP contribution is -2.43. The lowest BCUT2D eigenvalue weighted by atomic mass is 10.1. The van der Waals surface area contributed by atoms with E-state index in [0.717, 1.165) is 24.5 Å². The Balaban J connectivity index is 1.74. The van der Waals surface area contributed by atoms with Gasteiger partial charge in [-0.3, -0.25) is 4.79 Å². The largest absolute Gasteiger partial charge is 0.478 e. The van der Waals surface area contributed by atoms with E-state index in [1.54, 1.807) is 13.8 Å². The summed E-state index contributed by atoms with van der Waals surface area (Å²) in [5, 5.41) is 3.02. The Labute approximate surface area is 148 Å². The van der Waals surface area contributed by atoms with Crippen LogP contribution in [0.5, 0.6) is 5.75 Å². The predicted molar refractivity (Wildman–Crippen MR) is 99.3 cm³/mol. The molecule has 0 radical (unpaired) electrons. The van der Waals surface area contributed by atoms with Gasteiger partial charge in [-0.25, -0.2) is 0 Å². The number of para-hydroxylation sites is 3. The van der Waals surface area contributed by atoms with Crippen molar-refractivity contribution in [3.63, 3.8) is 0 Å². The van der Waals surface area contributed by atoms with E-state index in [0.29, 0.717) is 19.0 Å². The number of amides is 1. The molecule has 2 aromatic carbocycles. The standard InChI is InChI=1S/C20H24N2O3/c1-20(2,25-16-8-4-3-5-9-16)19(23)21-17-10-6-7-11-18(17)22-12-14-24-15-13-22/h3-11H,12-15H2,1-2H3,(H,21,23). The molecule has 5 heteroatoms.